The summed E-state index contributed by atoms with van der Waals surface area (Å²) in [5.74, 6) is 1.74. The molecule has 138 valence electrons. The van der Waals surface area contributed by atoms with Gasteiger partial charge in [-0.15, -0.1) is 0 Å². The highest BCUT2D eigenvalue weighted by Gasteiger charge is 2.56. The van der Waals surface area contributed by atoms with Crippen LogP contribution >= 0.6 is 0 Å². The monoisotopic (exact) mass is 353 g/mol. The van der Waals surface area contributed by atoms with E-state index in [0.717, 1.165) is 23.3 Å². The zero-order valence-electron chi connectivity index (χ0n) is 16.6. The van der Waals surface area contributed by atoms with Gasteiger partial charge in [-0.3, -0.25) is 0 Å². The largest absolute Gasteiger partial charge is 0.494 e. The van der Waals surface area contributed by atoms with Gasteiger partial charge in [-0.1, -0.05) is 38.5 Å². The molecule has 1 aromatic carbocycles. The van der Waals surface area contributed by atoms with Crippen molar-refractivity contribution in [2.45, 2.75) is 59.2 Å². The standard InChI is InChI=1S/C21H28BNO3/c1-7-15(2)21(6)20(4,5)25-22(26-21)17-11-13-18(14-12-17)24-19-10-8-9-16(3)23-19/h8-15H,7H2,1-6H3. The second kappa shape index (κ2) is 7.05. The molecule has 0 saturated carbocycles. The molecule has 2 aromatic rings. The van der Waals surface area contributed by atoms with Gasteiger partial charge in [0, 0.05) is 11.8 Å². The van der Waals surface area contributed by atoms with Crippen molar-refractivity contribution >= 4 is 12.6 Å². The zero-order chi connectivity index (χ0) is 18.9. The fourth-order valence-corrected chi connectivity index (χ4v) is 3.40. The fraction of sp³-hybridized carbons (Fsp3) is 0.476. The van der Waals surface area contributed by atoms with Crippen LogP contribution in [-0.4, -0.2) is 23.3 Å². The summed E-state index contributed by atoms with van der Waals surface area (Å²) in [6, 6.07) is 13.6. The Balaban J connectivity index is 1.75. The number of ether oxygens (including phenoxy) is 1. The van der Waals surface area contributed by atoms with Gasteiger partial charge in [0.2, 0.25) is 5.88 Å². The molecule has 1 fully saturated rings. The topological polar surface area (TPSA) is 40.6 Å². The van der Waals surface area contributed by atoms with Gasteiger partial charge in [0.15, 0.2) is 0 Å². The summed E-state index contributed by atoms with van der Waals surface area (Å²) in [7, 11) is -0.366. The third-order valence-electron chi connectivity index (χ3n) is 5.74. The number of rotatable bonds is 5. The lowest BCUT2D eigenvalue weighted by molar-refractivity contribution is -0.0499. The molecule has 3 rings (SSSR count). The van der Waals surface area contributed by atoms with Gasteiger partial charge in [-0.05, 0) is 57.3 Å². The number of hydrogen-bond donors (Lipinski definition) is 0. The predicted octanol–water partition coefficient (Wildman–Crippen LogP) is 4.51. The van der Waals surface area contributed by atoms with Crippen LogP contribution in [-0.2, 0) is 9.31 Å². The van der Waals surface area contributed by atoms with E-state index in [2.05, 4.69) is 39.6 Å². The van der Waals surface area contributed by atoms with Gasteiger partial charge in [-0.2, -0.15) is 0 Å². The molecule has 0 amide bonds. The molecule has 0 aliphatic carbocycles. The molecule has 4 nitrogen and oxygen atoms in total. The lowest BCUT2D eigenvalue weighted by atomic mass is 9.76. The van der Waals surface area contributed by atoms with Gasteiger partial charge in [0.25, 0.3) is 0 Å². The summed E-state index contributed by atoms with van der Waals surface area (Å²) >= 11 is 0. The average Bonchev–Trinajstić information content (AvgIpc) is 2.85. The maximum Gasteiger partial charge on any atom is 0.494 e. The molecule has 1 aromatic heterocycles. The van der Waals surface area contributed by atoms with Crippen molar-refractivity contribution in [1.82, 2.24) is 4.98 Å². The molecule has 0 N–H and O–H groups in total. The first-order chi connectivity index (χ1) is 12.2. The molecule has 1 aliphatic rings. The van der Waals surface area contributed by atoms with Crippen molar-refractivity contribution in [3.63, 3.8) is 0 Å². The molecule has 2 heterocycles. The lowest BCUT2D eigenvalue weighted by Gasteiger charge is -2.41. The molecular formula is C21H28BNO3. The van der Waals surface area contributed by atoms with Crippen molar-refractivity contribution in [1.29, 1.82) is 0 Å². The molecule has 1 saturated heterocycles. The molecule has 5 heteroatoms. The second-order valence-electron chi connectivity index (χ2n) is 7.78. The third kappa shape index (κ3) is 3.51. The van der Waals surface area contributed by atoms with Gasteiger partial charge in [0.05, 0.1) is 11.2 Å². The van der Waals surface area contributed by atoms with Crippen LogP contribution in [0.5, 0.6) is 11.6 Å². The SMILES string of the molecule is CCC(C)C1(C)OB(c2ccc(Oc3cccc(C)n3)cc2)OC1(C)C. The Labute approximate surface area is 157 Å². The minimum absolute atomic E-state index is 0.326. The first kappa shape index (κ1) is 18.9. The first-order valence-corrected chi connectivity index (χ1v) is 9.32. The van der Waals surface area contributed by atoms with E-state index in [1.54, 1.807) is 0 Å². The van der Waals surface area contributed by atoms with Crippen LogP contribution in [0.4, 0.5) is 0 Å². The highest BCUT2D eigenvalue weighted by Crippen LogP contribution is 2.43. The van der Waals surface area contributed by atoms with Crippen LogP contribution in [0.2, 0.25) is 0 Å². The van der Waals surface area contributed by atoms with E-state index in [1.807, 2.05) is 49.4 Å². The molecule has 0 radical (unpaired) electrons. The average molecular weight is 353 g/mol. The quantitative estimate of drug-likeness (QED) is 0.742. The molecule has 0 bridgehead atoms. The van der Waals surface area contributed by atoms with E-state index < -0.39 is 0 Å². The van der Waals surface area contributed by atoms with E-state index >= 15 is 0 Å². The van der Waals surface area contributed by atoms with Crippen molar-refractivity contribution in [2.24, 2.45) is 5.92 Å². The minimum Gasteiger partial charge on any atom is -0.439 e. The van der Waals surface area contributed by atoms with Crippen LogP contribution in [0.1, 0.15) is 46.7 Å². The normalized spacial score (nSPS) is 23.1. The minimum atomic E-state index is -0.366. The van der Waals surface area contributed by atoms with Crippen molar-refractivity contribution in [2.75, 3.05) is 0 Å². The smallest absolute Gasteiger partial charge is 0.439 e. The summed E-state index contributed by atoms with van der Waals surface area (Å²) < 4.78 is 18.5. The number of benzene rings is 1. The second-order valence-corrected chi connectivity index (χ2v) is 7.78. The summed E-state index contributed by atoms with van der Waals surface area (Å²) in [6.45, 7) is 12.7. The Bertz CT molecular complexity index is 762. The molecular weight excluding hydrogens is 325 g/mol. The lowest BCUT2D eigenvalue weighted by Crippen LogP contribution is -2.49. The van der Waals surface area contributed by atoms with Gasteiger partial charge in [0.1, 0.15) is 5.75 Å². The Kier molecular flexibility index (Phi) is 5.13. The van der Waals surface area contributed by atoms with Gasteiger partial charge < -0.3 is 14.0 Å². The molecule has 26 heavy (non-hydrogen) atoms. The van der Waals surface area contributed by atoms with Crippen molar-refractivity contribution in [3.8, 4) is 11.6 Å². The van der Waals surface area contributed by atoms with Crippen LogP contribution in [0.25, 0.3) is 0 Å². The van der Waals surface area contributed by atoms with E-state index in [1.165, 1.54) is 0 Å². The fourth-order valence-electron chi connectivity index (χ4n) is 3.40. The van der Waals surface area contributed by atoms with Gasteiger partial charge >= 0.3 is 7.12 Å². The van der Waals surface area contributed by atoms with Crippen molar-refractivity contribution in [3.05, 3.63) is 48.2 Å². The summed E-state index contributed by atoms with van der Waals surface area (Å²) in [6.07, 6.45) is 1.05. The van der Waals surface area contributed by atoms with Crippen LogP contribution in [0.15, 0.2) is 42.5 Å². The maximum absolute atomic E-state index is 6.40. The highest BCUT2D eigenvalue weighted by molar-refractivity contribution is 6.62. The van der Waals surface area contributed by atoms with E-state index in [9.17, 15) is 0 Å². The number of pyridine rings is 1. The Morgan fingerprint density at radius 2 is 1.77 bits per heavy atom. The summed E-state index contributed by atoms with van der Waals surface area (Å²) in [5.41, 5.74) is 1.24. The van der Waals surface area contributed by atoms with E-state index in [-0.39, 0.29) is 18.3 Å². The summed E-state index contributed by atoms with van der Waals surface area (Å²) in [5, 5.41) is 0. The first-order valence-electron chi connectivity index (χ1n) is 9.32. The zero-order valence-corrected chi connectivity index (χ0v) is 16.6. The number of hydrogen-bond acceptors (Lipinski definition) is 4. The number of aryl methyl sites for hydroxylation is 1. The Morgan fingerprint density at radius 1 is 1.08 bits per heavy atom. The molecule has 2 atom stereocenters. The van der Waals surface area contributed by atoms with Gasteiger partial charge in [-0.25, -0.2) is 4.98 Å². The number of nitrogens with zero attached hydrogens (tertiary/aromatic N) is 1. The van der Waals surface area contributed by atoms with Crippen LogP contribution in [0, 0.1) is 12.8 Å². The third-order valence-corrected chi connectivity index (χ3v) is 5.74. The number of aromatic nitrogens is 1. The molecule has 1 aliphatic heterocycles. The molecule has 0 spiro atoms. The van der Waals surface area contributed by atoms with Crippen LogP contribution < -0.4 is 10.2 Å². The molecule has 2 unspecified atom stereocenters. The van der Waals surface area contributed by atoms with Crippen molar-refractivity contribution < 1.29 is 14.0 Å². The van der Waals surface area contributed by atoms with E-state index in [4.69, 9.17) is 14.0 Å². The van der Waals surface area contributed by atoms with Crippen LogP contribution in [0.3, 0.4) is 0 Å². The predicted molar refractivity (Wildman–Crippen MR) is 105 cm³/mol. The van der Waals surface area contributed by atoms with E-state index in [0.29, 0.717) is 11.8 Å². The Hall–Kier alpha value is -1.85. The Morgan fingerprint density at radius 3 is 2.38 bits per heavy atom. The summed E-state index contributed by atoms with van der Waals surface area (Å²) in [4.78, 5) is 4.36. The highest BCUT2D eigenvalue weighted by atomic mass is 16.7. The maximum atomic E-state index is 6.40.